The minimum Gasteiger partial charge on any atom is -0.351 e. The lowest BCUT2D eigenvalue weighted by Gasteiger charge is -2.32. The normalized spacial score (nSPS) is 15.7. The van der Waals surface area contributed by atoms with E-state index in [1.807, 2.05) is 12.1 Å². The number of rotatable bonds is 5. The molecular weight excluding hydrogens is 432 g/mol. The summed E-state index contributed by atoms with van der Waals surface area (Å²) in [5, 5.41) is 12.3. The van der Waals surface area contributed by atoms with Crippen molar-refractivity contribution in [1.82, 2.24) is 19.9 Å². The summed E-state index contributed by atoms with van der Waals surface area (Å²) >= 11 is 0. The summed E-state index contributed by atoms with van der Waals surface area (Å²) in [5.74, 6) is 1.99. The Morgan fingerprint density at radius 3 is 2.65 bits per heavy atom. The van der Waals surface area contributed by atoms with Gasteiger partial charge in [-0.3, -0.25) is 9.69 Å². The van der Waals surface area contributed by atoms with E-state index in [1.165, 1.54) is 10.5 Å². The fourth-order valence-corrected chi connectivity index (χ4v) is 3.92. The topological polar surface area (TPSA) is 141 Å². The number of anilines is 3. The van der Waals surface area contributed by atoms with Crippen molar-refractivity contribution < 1.29 is 9.59 Å². The fourth-order valence-electron chi connectivity index (χ4n) is 3.92. The van der Waals surface area contributed by atoms with Crippen LogP contribution in [-0.4, -0.2) is 51.4 Å². The molecule has 2 aliphatic rings. The number of primary amides is 1. The molecule has 0 atom stereocenters. The van der Waals surface area contributed by atoms with Gasteiger partial charge in [0.1, 0.15) is 24.0 Å². The first-order valence-corrected chi connectivity index (χ1v) is 11.0. The van der Waals surface area contributed by atoms with Crippen molar-refractivity contribution in [3.8, 4) is 17.3 Å². The minimum absolute atomic E-state index is 0.0557. The van der Waals surface area contributed by atoms with Crippen LogP contribution in [0.25, 0.3) is 11.3 Å². The summed E-state index contributed by atoms with van der Waals surface area (Å²) in [6.45, 7) is 0.651. The van der Waals surface area contributed by atoms with Gasteiger partial charge in [0, 0.05) is 31.0 Å². The van der Waals surface area contributed by atoms with Crippen molar-refractivity contribution in [1.29, 1.82) is 5.26 Å². The number of carbonyl (C=O) groups excluding carboxylic acids is 2. The van der Waals surface area contributed by atoms with Gasteiger partial charge >= 0.3 is 6.03 Å². The molecule has 1 saturated heterocycles. The van der Waals surface area contributed by atoms with E-state index in [4.69, 9.17) is 16.0 Å². The predicted octanol–water partition coefficient (Wildman–Crippen LogP) is 2.76. The lowest BCUT2D eigenvalue weighted by atomic mass is 10.1. The molecule has 170 valence electrons. The highest BCUT2D eigenvalue weighted by Crippen LogP contribution is 2.42. The average Bonchev–Trinajstić information content (AvgIpc) is 3.70. The molecule has 10 nitrogen and oxygen atoms in total. The Balaban J connectivity index is 1.39. The molecule has 0 unspecified atom stereocenters. The Labute approximate surface area is 196 Å². The number of hydrogen-bond acceptors (Lipinski definition) is 7. The predicted molar refractivity (Wildman–Crippen MR) is 125 cm³/mol. The van der Waals surface area contributed by atoms with Gasteiger partial charge in [0.05, 0.1) is 17.3 Å². The van der Waals surface area contributed by atoms with E-state index in [-0.39, 0.29) is 12.5 Å². The molecule has 34 heavy (non-hydrogen) atoms. The monoisotopic (exact) mass is 454 g/mol. The third-order valence-electron chi connectivity index (χ3n) is 5.89. The number of nitrogens with one attached hydrogen (secondary N) is 1. The lowest BCUT2D eigenvalue weighted by Crippen LogP contribution is -2.54. The van der Waals surface area contributed by atoms with Gasteiger partial charge < -0.3 is 16.0 Å². The number of carbonyl (C=O) groups is 2. The lowest BCUT2D eigenvalue weighted by molar-refractivity contribution is -0.120. The van der Waals surface area contributed by atoms with Gasteiger partial charge in [-0.05, 0) is 60.7 Å². The summed E-state index contributed by atoms with van der Waals surface area (Å²) < 4.78 is 0. The molecule has 3 N–H and O–H groups in total. The van der Waals surface area contributed by atoms with Crippen molar-refractivity contribution in [3.63, 3.8) is 0 Å². The van der Waals surface area contributed by atoms with Crippen LogP contribution >= 0.6 is 0 Å². The zero-order valence-electron chi connectivity index (χ0n) is 18.3. The van der Waals surface area contributed by atoms with Crippen LogP contribution in [0.15, 0.2) is 48.8 Å². The van der Waals surface area contributed by atoms with Gasteiger partial charge in [-0.1, -0.05) is 0 Å². The van der Waals surface area contributed by atoms with E-state index < -0.39 is 6.03 Å². The first-order chi connectivity index (χ1) is 16.5. The van der Waals surface area contributed by atoms with E-state index in [2.05, 4.69) is 27.4 Å². The quantitative estimate of drug-likeness (QED) is 0.604. The highest BCUT2D eigenvalue weighted by molar-refractivity contribution is 5.97. The van der Waals surface area contributed by atoms with Gasteiger partial charge in [0.25, 0.3) is 0 Å². The van der Waals surface area contributed by atoms with E-state index in [0.29, 0.717) is 42.0 Å². The molecule has 0 bridgehead atoms. The molecule has 3 aromatic rings. The molecule has 0 aromatic carbocycles. The van der Waals surface area contributed by atoms with Crippen molar-refractivity contribution in [2.24, 2.45) is 5.73 Å². The first kappa shape index (κ1) is 21.3. The molecule has 0 radical (unpaired) electrons. The standard InChI is InChI=1S/C24H22N8O2/c25-12-15-5-6-27-20(9-15)30-21-11-18(16-1-2-16)10-19(29-21)17-3-4-22(28-13-17)32-8-7-31(24(26)34)14-23(32)33/h3-6,9-11,13,16H,1-2,7-8,14H2,(H2,26,34)(H,27,29,30). The third-order valence-corrected chi connectivity index (χ3v) is 5.89. The highest BCUT2D eigenvalue weighted by atomic mass is 16.2. The number of nitriles is 1. The summed E-state index contributed by atoms with van der Waals surface area (Å²) in [7, 11) is 0. The molecule has 2 fully saturated rings. The number of aromatic nitrogens is 3. The van der Waals surface area contributed by atoms with Crippen LogP contribution in [0.2, 0.25) is 0 Å². The summed E-state index contributed by atoms with van der Waals surface area (Å²) in [5.41, 5.74) is 8.56. The second-order valence-corrected chi connectivity index (χ2v) is 8.32. The van der Waals surface area contributed by atoms with Gasteiger partial charge in [0.2, 0.25) is 5.91 Å². The Morgan fingerprint density at radius 1 is 1.12 bits per heavy atom. The van der Waals surface area contributed by atoms with Crippen LogP contribution in [0, 0.1) is 11.3 Å². The number of nitrogens with zero attached hydrogens (tertiary/aromatic N) is 6. The van der Waals surface area contributed by atoms with Crippen LogP contribution in [0.1, 0.15) is 29.9 Å². The molecule has 1 aliphatic carbocycles. The Hall–Kier alpha value is -4.52. The van der Waals surface area contributed by atoms with E-state index in [1.54, 1.807) is 35.5 Å². The first-order valence-electron chi connectivity index (χ1n) is 11.0. The van der Waals surface area contributed by atoms with Crippen LogP contribution < -0.4 is 16.0 Å². The highest BCUT2D eigenvalue weighted by Gasteiger charge is 2.28. The molecule has 3 amide bonds. The molecule has 4 heterocycles. The van der Waals surface area contributed by atoms with Crippen molar-refractivity contribution in [2.75, 3.05) is 29.9 Å². The fraction of sp³-hybridized carbons (Fsp3) is 0.250. The molecule has 5 rings (SSSR count). The number of pyridine rings is 3. The van der Waals surface area contributed by atoms with Gasteiger partial charge in [-0.2, -0.15) is 5.26 Å². The second kappa shape index (κ2) is 8.78. The largest absolute Gasteiger partial charge is 0.351 e. The van der Waals surface area contributed by atoms with E-state index in [9.17, 15) is 9.59 Å². The molecule has 10 heteroatoms. The minimum atomic E-state index is -0.600. The molecule has 3 aromatic heterocycles. The van der Waals surface area contributed by atoms with E-state index >= 15 is 0 Å². The summed E-state index contributed by atoms with van der Waals surface area (Å²) in [6.07, 6.45) is 5.56. The number of urea groups is 1. The summed E-state index contributed by atoms with van der Waals surface area (Å²) in [6, 6.07) is 12.6. The van der Waals surface area contributed by atoms with Crippen LogP contribution in [0.5, 0.6) is 0 Å². The average molecular weight is 454 g/mol. The number of amides is 3. The maximum atomic E-state index is 12.4. The molecular formula is C24H22N8O2. The zero-order chi connectivity index (χ0) is 23.7. The van der Waals surface area contributed by atoms with Crippen LogP contribution in [-0.2, 0) is 4.79 Å². The van der Waals surface area contributed by atoms with Crippen LogP contribution in [0.3, 0.4) is 0 Å². The van der Waals surface area contributed by atoms with Crippen molar-refractivity contribution in [3.05, 3.63) is 59.9 Å². The summed E-state index contributed by atoms with van der Waals surface area (Å²) in [4.78, 5) is 40.1. The van der Waals surface area contributed by atoms with Gasteiger partial charge in [-0.15, -0.1) is 0 Å². The van der Waals surface area contributed by atoms with Crippen molar-refractivity contribution in [2.45, 2.75) is 18.8 Å². The number of nitrogens with two attached hydrogens (primary N) is 1. The molecule has 1 aliphatic heterocycles. The maximum absolute atomic E-state index is 12.4. The molecule has 1 saturated carbocycles. The Bertz CT molecular complexity index is 1300. The number of piperazine rings is 1. The SMILES string of the molecule is N#Cc1ccnc(Nc2cc(C3CC3)cc(-c3ccc(N4CCN(C(N)=O)CC4=O)nc3)n2)c1. The number of hydrogen-bond donors (Lipinski definition) is 2. The van der Waals surface area contributed by atoms with E-state index in [0.717, 1.165) is 24.1 Å². The zero-order valence-corrected chi connectivity index (χ0v) is 18.3. The van der Waals surface area contributed by atoms with Crippen LogP contribution in [0.4, 0.5) is 22.2 Å². The van der Waals surface area contributed by atoms with Gasteiger partial charge in [0.15, 0.2) is 0 Å². The Kier molecular flexibility index (Phi) is 5.51. The maximum Gasteiger partial charge on any atom is 0.315 e. The Morgan fingerprint density at radius 2 is 1.97 bits per heavy atom. The second-order valence-electron chi connectivity index (χ2n) is 8.32. The smallest absolute Gasteiger partial charge is 0.315 e. The molecule has 0 spiro atoms. The van der Waals surface area contributed by atoms with Gasteiger partial charge in [-0.25, -0.2) is 19.7 Å². The van der Waals surface area contributed by atoms with Crippen molar-refractivity contribution >= 4 is 29.4 Å². The third kappa shape index (κ3) is 4.49.